The fourth-order valence-electron chi connectivity index (χ4n) is 0.806. The summed E-state index contributed by atoms with van der Waals surface area (Å²) in [5.74, 6) is 0.194. The van der Waals surface area contributed by atoms with Gasteiger partial charge in [-0.2, -0.15) is 0 Å². The second kappa shape index (κ2) is 1.44. The second-order valence-corrected chi connectivity index (χ2v) is 1.88. The number of aromatic nitrogens is 1. The molecule has 1 N–H and O–H groups in total. The fourth-order valence-corrected chi connectivity index (χ4v) is 0.806. The van der Waals surface area contributed by atoms with Crippen LogP contribution >= 0.6 is 0 Å². The van der Waals surface area contributed by atoms with Gasteiger partial charge in [0, 0.05) is 12.3 Å². The summed E-state index contributed by atoms with van der Waals surface area (Å²) in [5, 5.41) is 15.6. The standard InChI is InChI=1S/C5H3N3O2/c9-3-1-2-8-4(3)6-7-5(8)10/h1-2,9H. The lowest BCUT2D eigenvalue weighted by molar-refractivity contribution is 0.251. The zero-order chi connectivity index (χ0) is 7.14. The highest BCUT2D eigenvalue weighted by Gasteiger charge is 2.18. The van der Waals surface area contributed by atoms with Crippen molar-refractivity contribution in [2.24, 2.45) is 10.2 Å². The van der Waals surface area contributed by atoms with E-state index in [4.69, 9.17) is 5.11 Å². The third-order valence-electron chi connectivity index (χ3n) is 1.28. The zero-order valence-electron chi connectivity index (χ0n) is 4.85. The number of hydrogen-bond donors (Lipinski definition) is 1. The molecule has 5 nitrogen and oxygen atoms in total. The van der Waals surface area contributed by atoms with Crippen LogP contribution in [0.1, 0.15) is 0 Å². The number of azo groups is 1. The van der Waals surface area contributed by atoms with Gasteiger partial charge in [0.05, 0.1) is 0 Å². The average molecular weight is 137 g/mol. The van der Waals surface area contributed by atoms with Crippen molar-refractivity contribution in [2.75, 3.05) is 0 Å². The quantitative estimate of drug-likeness (QED) is 0.584. The first-order valence-electron chi connectivity index (χ1n) is 2.65. The van der Waals surface area contributed by atoms with E-state index in [2.05, 4.69) is 10.2 Å². The zero-order valence-corrected chi connectivity index (χ0v) is 4.85. The smallest absolute Gasteiger partial charge is 0.372 e. The van der Waals surface area contributed by atoms with Gasteiger partial charge in [0.2, 0.25) is 5.82 Å². The van der Waals surface area contributed by atoms with E-state index in [1.807, 2.05) is 0 Å². The van der Waals surface area contributed by atoms with Gasteiger partial charge in [0.1, 0.15) is 0 Å². The van der Waals surface area contributed by atoms with Crippen molar-refractivity contribution in [3.05, 3.63) is 12.3 Å². The molecular formula is C5H3N3O2. The van der Waals surface area contributed by atoms with Gasteiger partial charge < -0.3 is 5.11 Å². The largest absolute Gasteiger partial charge is 0.504 e. The van der Waals surface area contributed by atoms with Gasteiger partial charge in [-0.05, 0) is 0 Å². The number of fused-ring (bicyclic) bond motifs is 1. The molecule has 1 aliphatic rings. The van der Waals surface area contributed by atoms with Gasteiger partial charge in [-0.15, -0.1) is 5.11 Å². The third-order valence-corrected chi connectivity index (χ3v) is 1.28. The summed E-state index contributed by atoms with van der Waals surface area (Å²) in [4.78, 5) is 10.7. The van der Waals surface area contributed by atoms with Crippen molar-refractivity contribution < 1.29 is 9.90 Å². The van der Waals surface area contributed by atoms with Gasteiger partial charge in [-0.1, -0.05) is 5.11 Å². The van der Waals surface area contributed by atoms with Gasteiger partial charge >= 0.3 is 6.03 Å². The van der Waals surface area contributed by atoms with Gasteiger partial charge in [-0.25, -0.2) is 9.36 Å². The summed E-state index contributed by atoms with van der Waals surface area (Å²) in [6, 6.07) is 0.932. The van der Waals surface area contributed by atoms with Crippen LogP contribution in [0.3, 0.4) is 0 Å². The van der Waals surface area contributed by atoms with Crippen molar-refractivity contribution >= 4 is 11.8 Å². The molecule has 0 radical (unpaired) electrons. The summed E-state index contributed by atoms with van der Waals surface area (Å²) >= 11 is 0. The molecule has 0 saturated heterocycles. The van der Waals surface area contributed by atoms with Crippen molar-refractivity contribution in [3.8, 4) is 5.75 Å². The molecule has 0 bridgehead atoms. The molecule has 10 heavy (non-hydrogen) atoms. The molecule has 50 valence electrons. The molecular weight excluding hydrogens is 134 g/mol. The highest BCUT2D eigenvalue weighted by atomic mass is 16.3. The minimum atomic E-state index is -0.463. The van der Waals surface area contributed by atoms with Gasteiger partial charge in [0.25, 0.3) is 0 Å². The van der Waals surface area contributed by atoms with E-state index in [9.17, 15) is 4.79 Å². The number of nitrogens with zero attached hydrogens (tertiary/aromatic N) is 3. The SMILES string of the molecule is O=C1N=Nc2c(O)ccn21. The highest BCUT2D eigenvalue weighted by Crippen LogP contribution is 2.31. The Labute approximate surface area is 55.6 Å². The maximum absolute atomic E-state index is 10.7. The van der Waals surface area contributed by atoms with Crippen LogP contribution in [0.25, 0.3) is 0 Å². The Morgan fingerprint density at radius 2 is 2.30 bits per heavy atom. The van der Waals surface area contributed by atoms with E-state index in [0.29, 0.717) is 0 Å². The second-order valence-electron chi connectivity index (χ2n) is 1.88. The van der Waals surface area contributed by atoms with Crippen LogP contribution in [0.2, 0.25) is 0 Å². The Morgan fingerprint density at radius 1 is 1.50 bits per heavy atom. The molecule has 1 amide bonds. The van der Waals surface area contributed by atoms with E-state index in [1.165, 1.54) is 16.8 Å². The third kappa shape index (κ3) is 0.439. The lowest BCUT2D eigenvalue weighted by Gasteiger charge is -1.85. The molecule has 0 spiro atoms. The van der Waals surface area contributed by atoms with Crippen molar-refractivity contribution in [2.45, 2.75) is 0 Å². The molecule has 2 rings (SSSR count). The summed E-state index contributed by atoms with van der Waals surface area (Å²) in [5.41, 5.74) is 0. The van der Waals surface area contributed by atoms with Crippen LogP contribution in [-0.2, 0) is 0 Å². The van der Waals surface area contributed by atoms with Crippen LogP contribution in [0.15, 0.2) is 22.5 Å². The normalized spacial score (nSPS) is 14.2. The minimum Gasteiger partial charge on any atom is -0.504 e. The Balaban J connectivity index is 2.73. The fraction of sp³-hybridized carbons (Fsp3) is 0. The summed E-state index contributed by atoms with van der Waals surface area (Å²) in [6.45, 7) is 0. The number of amides is 1. The first-order chi connectivity index (χ1) is 4.79. The summed E-state index contributed by atoms with van der Waals surface area (Å²) < 4.78 is 1.18. The minimum absolute atomic E-state index is 0.0189. The molecule has 1 aliphatic heterocycles. The molecule has 2 heterocycles. The number of hydrogen-bond acceptors (Lipinski definition) is 3. The monoisotopic (exact) mass is 137 g/mol. The number of carbonyl (C=O) groups excluding carboxylic acids is 1. The molecule has 1 aromatic heterocycles. The van der Waals surface area contributed by atoms with Crippen molar-refractivity contribution in [3.63, 3.8) is 0 Å². The summed E-state index contributed by atoms with van der Waals surface area (Å²) in [7, 11) is 0. The Hall–Kier alpha value is -1.65. The molecule has 1 aromatic rings. The molecule has 0 fully saturated rings. The van der Waals surface area contributed by atoms with Crippen molar-refractivity contribution in [1.82, 2.24) is 4.57 Å². The summed E-state index contributed by atoms with van der Waals surface area (Å²) in [6.07, 6.45) is 1.42. The molecule has 0 unspecified atom stereocenters. The predicted octanol–water partition coefficient (Wildman–Crippen LogP) is 1.26. The first kappa shape index (κ1) is 5.16. The lowest BCUT2D eigenvalue weighted by Crippen LogP contribution is -1.96. The van der Waals surface area contributed by atoms with Crippen LogP contribution < -0.4 is 0 Å². The van der Waals surface area contributed by atoms with Crippen LogP contribution in [-0.4, -0.2) is 15.7 Å². The lowest BCUT2D eigenvalue weighted by atomic mass is 10.6. The predicted molar refractivity (Wildman–Crippen MR) is 31.4 cm³/mol. The Kier molecular flexibility index (Phi) is 0.743. The van der Waals surface area contributed by atoms with E-state index in [0.717, 1.165) is 0 Å². The number of rotatable bonds is 0. The Morgan fingerprint density at radius 3 is 3.00 bits per heavy atom. The van der Waals surface area contributed by atoms with E-state index >= 15 is 0 Å². The number of aromatic hydroxyl groups is 1. The van der Waals surface area contributed by atoms with E-state index in [-0.39, 0.29) is 11.6 Å². The van der Waals surface area contributed by atoms with Crippen molar-refractivity contribution in [1.29, 1.82) is 0 Å². The maximum Gasteiger partial charge on any atom is 0.372 e. The first-order valence-corrected chi connectivity index (χ1v) is 2.65. The van der Waals surface area contributed by atoms with Crippen LogP contribution in [0.5, 0.6) is 5.75 Å². The topological polar surface area (TPSA) is 66.9 Å². The molecule has 0 atom stereocenters. The highest BCUT2D eigenvalue weighted by molar-refractivity contribution is 5.84. The molecule has 5 heteroatoms. The average Bonchev–Trinajstić information content (AvgIpc) is 2.41. The van der Waals surface area contributed by atoms with E-state index < -0.39 is 6.03 Å². The number of carbonyl (C=O) groups is 1. The van der Waals surface area contributed by atoms with Crippen LogP contribution in [0, 0.1) is 0 Å². The van der Waals surface area contributed by atoms with E-state index in [1.54, 1.807) is 0 Å². The van der Waals surface area contributed by atoms with Crippen LogP contribution in [0.4, 0.5) is 10.6 Å². The van der Waals surface area contributed by atoms with Gasteiger partial charge in [-0.3, -0.25) is 0 Å². The van der Waals surface area contributed by atoms with Gasteiger partial charge in [0.15, 0.2) is 5.75 Å². The maximum atomic E-state index is 10.7. The molecule has 0 aromatic carbocycles. The Bertz CT molecular complexity index is 326. The molecule has 0 saturated carbocycles. The molecule has 0 aliphatic carbocycles.